The first-order chi connectivity index (χ1) is 12.3. The molecule has 0 saturated heterocycles. The zero-order chi connectivity index (χ0) is 19.7. The number of amides is 1. The monoisotopic (exact) mass is 361 g/mol. The number of methoxy groups -OCH3 is 1. The fourth-order valence-electron chi connectivity index (χ4n) is 2.15. The number of hydrogen-bond acceptors (Lipinski definition) is 7. The van der Waals surface area contributed by atoms with Crippen LogP contribution in [0.3, 0.4) is 0 Å². The molecule has 1 aromatic carbocycles. The van der Waals surface area contributed by atoms with Gasteiger partial charge in [0.05, 0.1) is 12.8 Å². The Hall–Kier alpha value is -3.36. The predicted octanol–water partition coefficient (Wildman–Crippen LogP) is 2.26. The van der Waals surface area contributed by atoms with E-state index < -0.39 is 0 Å². The highest BCUT2D eigenvalue weighted by atomic mass is 16.5. The molecular weight excluding hydrogens is 338 g/mol. The van der Waals surface area contributed by atoms with Crippen molar-refractivity contribution in [2.45, 2.75) is 13.8 Å². The Morgan fingerprint density at radius 1 is 1.35 bits per heavy atom. The number of aromatic nitrogens is 2. The third-order valence-electron chi connectivity index (χ3n) is 3.13. The van der Waals surface area contributed by atoms with E-state index in [9.17, 15) is 4.79 Å². The van der Waals surface area contributed by atoms with Gasteiger partial charge in [0.25, 0.3) is 6.47 Å². The first-order valence-electron chi connectivity index (χ1n) is 7.63. The van der Waals surface area contributed by atoms with Gasteiger partial charge in [0, 0.05) is 38.5 Å². The van der Waals surface area contributed by atoms with E-state index in [1.807, 2.05) is 32.0 Å². The zero-order valence-electron chi connectivity index (χ0n) is 15.4. The van der Waals surface area contributed by atoms with Crippen LogP contribution >= 0.6 is 0 Å². The van der Waals surface area contributed by atoms with Crippen molar-refractivity contribution in [1.82, 2.24) is 9.97 Å². The number of hydrogen-bond donors (Lipinski definition) is 3. The molecule has 0 atom stereocenters. The molecule has 140 valence electrons. The molecule has 2 rings (SSSR count). The number of carboxylic acid groups (broad SMARTS) is 1. The number of aryl methyl sites for hydroxylation is 1. The van der Waals surface area contributed by atoms with Crippen LogP contribution in [0, 0.1) is 6.92 Å². The molecule has 0 bridgehead atoms. The summed E-state index contributed by atoms with van der Waals surface area (Å²) in [6.45, 7) is 3.16. The number of nitrogens with zero attached hydrogens (tertiary/aromatic N) is 3. The van der Waals surface area contributed by atoms with Crippen LogP contribution in [0.2, 0.25) is 0 Å². The molecule has 1 aromatic heterocycles. The predicted molar refractivity (Wildman–Crippen MR) is 100 cm³/mol. The summed E-state index contributed by atoms with van der Waals surface area (Å²) in [6.07, 6.45) is 1.77. The van der Waals surface area contributed by atoms with Crippen LogP contribution in [0.5, 0.6) is 5.75 Å². The Bertz CT molecular complexity index is 765. The van der Waals surface area contributed by atoms with Crippen LogP contribution in [-0.4, -0.2) is 48.7 Å². The van der Waals surface area contributed by atoms with Crippen molar-refractivity contribution in [2.24, 2.45) is 0 Å². The topological polar surface area (TPSA) is 117 Å². The molecule has 1 heterocycles. The van der Waals surface area contributed by atoms with Crippen molar-refractivity contribution in [1.29, 1.82) is 0 Å². The molecule has 3 N–H and O–H groups in total. The summed E-state index contributed by atoms with van der Waals surface area (Å²) in [6, 6.07) is 5.39. The van der Waals surface area contributed by atoms with Crippen molar-refractivity contribution >= 4 is 35.5 Å². The van der Waals surface area contributed by atoms with E-state index in [0.717, 1.165) is 17.1 Å². The minimum atomic E-state index is -0.250. The van der Waals surface area contributed by atoms with E-state index in [1.54, 1.807) is 25.4 Å². The van der Waals surface area contributed by atoms with Gasteiger partial charge in [-0.3, -0.25) is 9.59 Å². The number of carbonyl (C=O) groups excluding carboxylic acids is 1. The molecule has 1 amide bonds. The number of nitrogens with one attached hydrogen (secondary N) is 2. The molecule has 2 aromatic rings. The van der Waals surface area contributed by atoms with Gasteiger partial charge in [-0.15, -0.1) is 0 Å². The lowest BCUT2D eigenvalue weighted by molar-refractivity contribution is -0.123. The molecular formula is C17H23N5O4. The summed E-state index contributed by atoms with van der Waals surface area (Å²) in [5.74, 6) is 1.75. The number of benzene rings is 1. The molecule has 0 fully saturated rings. The SMILES string of the molecule is COc1ccc(Nc2ncc(C)c(N(C)C)n2)cc1NC(C)=O.O=CO. The fraction of sp³-hybridized carbons (Fsp3) is 0.294. The van der Waals surface area contributed by atoms with Gasteiger partial charge in [-0.2, -0.15) is 4.98 Å². The second kappa shape index (κ2) is 9.82. The quantitative estimate of drug-likeness (QED) is 0.694. The van der Waals surface area contributed by atoms with Gasteiger partial charge in [0.2, 0.25) is 11.9 Å². The van der Waals surface area contributed by atoms with E-state index >= 15 is 0 Å². The van der Waals surface area contributed by atoms with E-state index in [-0.39, 0.29) is 12.4 Å². The lowest BCUT2D eigenvalue weighted by atomic mass is 10.2. The van der Waals surface area contributed by atoms with Gasteiger partial charge in [-0.1, -0.05) is 0 Å². The maximum Gasteiger partial charge on any atom is 0.290 e. The molecule has 26 heavy (non-hydrogen) atoms. The van der Waals surface area contributed by atoms with Crippen LogP contribution in [0.1, 0.15) is 12.5 Å². The van der Waals surface area contributed by atoms with Crippen LogP contribution < -0.4 is 20.3 Å². The Kier molecular flexibility index (Phi) is 7.81. The van der Waals surface area contributed by atoms with Crippen molar-refractivity contribution in [2.75, 3.05) is 36.7 Å². The Morgan fingerprint density at radius 2 is 2.00 bits per heavy atom. The molecule has 0 aliphatic rings. The summed E-state index contributed by atoms with van der Waals surface area (Å²) in [5.41, 5.74) is 2.34. The molecule has 0 spiro atoms. The molecule has 9 heteroatoms. The van der Waals surface area contributed by atoms with Crippen molar-refractivity contribution in [3.63, 3.8) is 0 Å². The van der Waals surface area contributed by atoms with E-state index in [0.29, 0.717) is 17.4 Å². The molecule has 9 nitrogen and oxygen atoms in total. The lowest BCUT2D eigenvalue weighted by Gasteiger charge is -2.16. The summed E-state index contributed by atoms with van der Waals surface area (Å²) in [7, 11) is 5.42. The maximum atomic E-state index is 11.3. The summed E-state index contributed by atoms with van der Waals surface area (Å²) in [4.78, 5) is 30.3. The van der Waals surface area contributed by atoms with E-state index in [1.165, 1.54) is 6.92 Å². The van der Waals surface area contributed by atoms with Crippen molar-refractivity contribution in [3.05, 3.63) is 30.0 Å². The maximum absolute atomic E-state index is 11.3. The average molecular weight is 361 g/mol. The molecule has 0 radical (unpaired) electrons. The minimum Gasteiger partial charge on any atom is -0.495 e. The summed E-state index contributed by atoms with van der Waals surface area (Å²) in [5, 5.41) is 12.8. The third-order valence-corrected chi connectivity index (χ3v) is 3.13. The molecule has 0 saturated carbocycles. The lowest BCUT2D eigenvalue weighted by Crippen LogP contribution is -2.14. The van der Waals surface area contributed by atoms with Crippen molar-refractivity contribution < 1.29 is 19.4 Å². The first kappa shape index (κ1) is 20.7. The molecule has 0 unspecified atom stereocenters. The highest BCUT2D eigenvalue weighted by Gasteiger charge is 2.09. The van der Waals surface area contributed by atoms with Gasteiger partial charge >= 0.3 is 0 Å². The van der Waals surface area contributed by atoms with Gasteiger partial charge < -0.3 is 25.4 Å². The van der Waals surface area contributed by atoms with Crippen LogP contribution in [0.25, 0.3) is 0 Å². The Labute approximate surface area is 152 Å². The highest BCUT2D eigenvalue weighted by Crippen LogP contribution is 2.29. The third kappa shape index (κ3) is 5.93. The van der Waals surface area contributed by atoms with Crippen LogP contribution in [0.15, 0.2) is 24.4 Å². The van der Waals surface area contributed by atoms with Crippen LogP contribution in [-0.2, 0) is 9.59 Å². The largest absolute Gasteiger partial charge is 0.495 e. The fourth-order valence-corrected chi connectivity index (χ4v) is 2.15. The second-order valence-corrected chi connectivity index (χ2v) is 5.42. The highest BCUT2D eigenvalue weighted by molar-refractivity contribution is 5.91. The summed E-state index contributed by atoms with van der Waals surface area (Å²) >= 11 is 0. The average Bonchev–Trinajstić information content (AvgIpc) is 2.57. The zero-order valence-corrected chi connectivity index (χ0v) is 15.4. The van der Waals surface area contributed by atoms with Gasteiger partial charge in [-0.25, -0.2) is 4.98 Å². The normalized spacial score (nSPS) is 9.42. The van der Waals surface area contributed by atoms with Gasteiger partial charge in [0.15, 0.2) is 0 Å². The van der Waals surface area contributed by atoms with Crippen LogP contribution in [0.4, 0.5) is 23.1 Å². The number of carbonyl (C=O) groups is 2. The van der Waals surface area contributed by atoms with Crippen molar-refractivity contribution in [3.8, 4) is 5.75 Å². The molecule has 0 aliphatic carbocycles. The number of rotatable bonds is 5. The Balaban J connectivity index is 0.00000105. The first-order valence-corrected chi connectivity index (χ1v) is 7.63. The van der Waals surface area contributed by atoms with E-state index in [4.69, 9.17) is 14.6 Å². The second-order valence-electron chi connectivity index (χ2n) is 5.42. The number of ether oxygens (including phenoxy) is 1. The summed E-state index contributed by atoms with van der Waals surface area (Å²) < 4.78 is 5.24. The van der Waals surface area contributed by atoms with E-state index in [2.05, 4.69) is 20.6 Å². The minimum absolute atomic E-state index is 0.165. The molecule has 0 aliphatic heterocycles. The van der Waals surface area contributed by atoms with Gasteiger partial charge in [0.1, 0.15) is 11.6 Å². The Morgan fingerprint density at radius 3 is 2.54 bits per heavy atom. The standard InChI is InChI=1S/C16H21N5O2.CH2O2/c1-10-9-17-16(20-15(10)21(3)4)19-12-6-7-14(23-5)13(8-12)18-11(2)22;2-1-3/h6-9H,1-5H3,(H,18,22)(H,17,19,20);1H,(H,2,3). The van der Waals surface area contributed by atoms with Gasteiger partial charge in [-0.05, 0) is 25.1 Å². The smallest absolute Gasteiger partial charge is 0.290 e. The number of anilines is 4.